The van der Waals surface area contributed by atoms with Crippen molar-refractivity contribution in [2.24, 2.45) is 0 Å². The number of benzene rings is 2. The normalized spacial score (nSPS) is 10.8. The zero-order chi connectivity index (χ0) is 19.5. The number of aromatic hydroxyl groups is 1. The summed E-state index contributed by atoms with van der Waals surface area (Å²) < 4.78 is 24.8. The monoisotopic (exact) mass is 380 g/mol. The van der Waals surface area contributed by atoms with E-state index in [1.54, 1.807) is 24.4 Å². The average molecular weight is 380 g/mol. The van der Waals surface area contributed by atoms with Crippen LogP contribution in [-0.4, -0.2) is 38.3 Å². The van der Waals surface area contributed by atoms with E-state index in [1.807, 2.05) is 12.1 Å². The number of rotatable bonds is 6. The number of carbonyl (C=O) groups excluding carboxylic acids is 1. The van der Waals surface area contributed by atoms with E-state index < -0.39 is 11.6 Å². The number of pyridine rings is 1. The van der Waals surface area contributed by atoms with Gasteiger partial charge in [-0.05, 0) is 30.3 Å². The van der Waals surface area contributed by atoms with Crippen molar-refractivity contribution in [3.63, 3.8) is 0 Å². The van der Waals surface area contributed by atoms with Gasteiger partial charge in [0, 0.05) is 17.5 Å². The van der Waals surface area contributed by atoms with E-state index in [-0.39, 0.29) is 6.79 Å². The van der Waals surface area contributed by atoms with Gasteiger partial charge in [0.1, 0.15) is 11.4 Å². The summed E-state index contributed by atoms with van der Waals surface area (Å²) in [5.74, 6) is -0.677. The second-order valence-corrected chi connectivity index (χ2v) is 5.76. The first-order chi connectivity index (χ1) is 13.6. The molecule has 0 amide bonds. The third kappa shape index (κ3) is 3.45. The fraction of sp³-hybridized carbons (Fsp3) is 0.0526. The number of aromatic nitrogens is 4. The summed E-state index contributed by atoms with van der Waals surface area (Å²) in [4.78, 5) is 14.7. The molecule has 0 aliphatic carbocycles. The Balaban J connectivity index is 1.64. The van der Waals surface area contributed by atoms with Gasteiger partial charge in [0.05, 0.1) is 23.1 Å². The number of carbonyl (C=O) groups is 1. The summed E-state index contributed by atoms with van der Waals surface area (Å²) in [5.41, 5.74) is 2.14. The highest BCUT2D eigenvalue weighted by Gasteiger charge is 2.10. The van der Waals surface area contributed by atoms with Crippen LogP contribution in [0.1, 0.15) is 0 Å². The molecule has 0 saturated heterocycles. The molecule has 0 spiro atoms. The zero-order valence-corrected chi connectivity index (χ0v) is 14.3. The Morgan fingerprint density at radius 1 is 1.11 bits per heavy atom. The van der Waals surface area contributed by atoms with E-state index >= 15 is 0 Å². The Bertz CT molecular complexity index is 1160. The second-order valence-electron chi connectivity index (χ2n) is 5.76. The lowest BCUT2D eigenvalue weighted by molar-refractivity contribution is -0.134. The maximum atomic E-state index is 13.6. The largest absolute Gasteiger partial charge is 0.505 e. The van der Waals surface area contributed by atoms with Crippen molar-refractivity contribution in [2.45, 2.75) is 0 Å². The fourth-order valence-corrected chi connectivity index (χ4v) is 2.60. The summed E-state index contributed by atoms with van der Waals surface area (Å²) in [7, 11) is 0. The topological polar surface area (TPSA) is 99.4 Å². The molecular weight excluding hydrogens is 367 g/mol. The Hall–Kier alpha value is -4.01. The molecule has 1 N–H and O–H groups in total. The van der Waals surface area contributed by atoms with Crippen molar-refractivity contribution in [1.29, 1.82) is 0 Å². The predicted molar refractivity (Wildman–Crippen MR) is 96.4 cm³/mol. The lowest BCUT2D eigenvalue weighted by Gasteiger charge is -2.06. The minimum Gasteiger partial charge on any atom is -0.505 e. The van der Waals surface area contributed by atoms with Crippen LogP contribution in [0, 0.1) is 5.82 Å². The van der Waals surface area contributed by atoms with Crippen molar-refractivity contribution < 1.29 is 23.8 Å². The molecular formula is C19H13FN4O4. The molecule has 2 aromatic carbocycles. The number of hydrogen-bond donors (Lipinski definition) is 1. The van der Waals surface area contributed by atoms with Crippen LogP contribution in [0.3, 0.4) is 0 Å². The summed E-state index contributed by atoms with van der Waals surface area (Å²) in [6.45, 7) is 0.118. The highest BCUT2D eigenvalue weighted by atomic mass is 19.1. The highest BCUT2D eigenvalue weighted by molar-refractivity contribution is 5.82. The van der Waals surface area contributed by atoms with Crippen LogP contribution >= 0.6 is 0 Å². The highest BCUT2D eigenvalue weighted by Crippen LogP contribution is 2.24. The van der Waals surface area contributed by atoms with Crippen molar-refractivity contribution >= 4 is 17.4 Å². The van der Waals surface area contributed by atoms with Gasteiger partial charge < -0.3 is 14.6 Å². The number of hydrogen-bond acceptors (Lipinski definition) is 7. The SMILES string of the molecule is O=COCOc1ccc2ccc(-c3cn(-c4ccc(O)c(F)c4)nn3)nc2c1. The van der Waals surface area contributed by atoms with Crippen LogP contribution in [0.25, 0.3) is 28.0 Å². The molecule has 140 valence electrons. The number of ether oxygens (including phenoxy) is 2. The number of phenolic OH excluding ortho intramolecular Hbond substituents is 1. The van der Waals surface area contributed by atoms with E-state index in [2.05, 4.69) is 20.0 Å². The summed E-state index contributed by atoms with van der Waals surface area (Å²) >= 11 is 0. The van der Waals surface area contributed by atoms with Gasteiger partial charge in [-0.25, -0.2) is 14.1 Å². The molecule has 4 rings (SSSR count). The van der Waals surface area contributed by atoms with Crippen LogP contribution < -0.4 is 4.74 Å². The first-order valence-electron chi connectivity index (χ1n) is 8.14. The lowest BCUT2D eigenvalue weighted by atomic mass is 10.2. The molecule has 2 aromatic heterocycles. The smallest absolute Gasteiger partial charge is 0.295 e. The van der Waals surface area contributed by atoms with Crippen LogP contribution in [-0.2, 0) is 9.53 Å². The van der Waals surface area contributed by atoms with Gasteiger partial charge in [0.15, 0.2) is 11.6 Å². The molecule has 0 unspecified atom stereocenters. The van der Waals surface area contributed by atoms with E-state index in [4.69, 9.17) is 4.74 Å². The predicted octanol–water partition coefficient (Wildman–Crippen LogP) is 2.84. The Morgan fingerprint density at radius 2 is 1.96 bits per heavy atom. The van der Waals surface area contributed by atoms with E-state index in [9.17, 15) is 14.3 Å². The van der Waals surface area contributed by atoms with Crippen molar-refractivity contribution in [3.05, 3.63) is 60.5 Å². The molecule has 8 nitrogen and oxygen atoms in total. The van der Waals surface area contributed by atoms with Gasteiger partial charge >= 0.3 is 0 Å². The standard InChI is InChI=1S/C19H13FN4O4/c20-15-7-13(3-6-19(15)26)24-9-18(22-23-24)16-5-2-12-1-4-14(8-17(12)21-16)28-11-27-10-25/h1-10,26H,11H2. The number of halogens is 1. The van der Waals surface area contributed by atoms with Crippen molar-refractivity contribution in [2.75, 3.05) is 6.79 Å². The van der Waals surface area contributed by atoms with Crippen LogP contribution in [0.5, 0.6) is 11.5 Å². The zero-order valence-electron chi connectivity index (χ0n) is 14.3. The first-order valence-corrected chi connectivity index (χ1v) is 8.14. The van der Waals surface area contributed by atoms with Crippen LogP contribution in [0.15, 0.2) is 54.7 Å². The second kappa shape index (κ2) is 7.31. The molecule has 0 radical (unpaired) electrons. The lowest BCUT2D eigenvalue weighted by Crippen LogP contribution is -2.00. The minimum atomic E-state index is -0.746. The van der Waals surface area contributed by atoms with Crippen LogP contribution in [0.4, 0.5) is 4.39 Å². The van der Waals surface area contributed by atoms with Gasteiger partial charge in [-0.2, -0.15) is 0 Å². The Morgan fingerprint density at radius 3 is 2.79 bits per heavy atom. The van der Waals surface area contributed by atoms with E-state index in [1.165, 1.54) is 16.8 Å². The van der Waals surface area contributed by atoms with Gasteiger partial charge in [-0.15, -0.1) is 5.10 Å². The number of phenols is 1. The fourth-order valence-electron chi connectivity index (χ4n) is 2.60. The maximum absolute atomic E-state index is 13.6. The maximum Gasteiger partial charge on any atom is 0.295 e. The van der Waals surface area contributed by atoms with Crippen LogP contribution in [0.2, 0.25) is 0 Å². The number of nitrogens with zero attached hydrogens (tertiary/aromatic N) is 4. The van der Waals surface area contributed by atoms with Gasteiger partial charge in [-0.3, -0.25) is 4.79 Å². The molecule has 0 atom stereocenters. The summed E-state index contributed by atoms with van der Waals surface area (Å²) in [5, 5.41) is 18.3. The van der Waals surface area contributed by atoms with Gasteiger partial charge in [-0.1, -0.05) is 11.3 Å². The van der Waals surface area contributed by atoms with Crippen molar-refractivity contribution in [3.8, 4) is 28.6 Å². The third-order valence-electron chi connectivity index (χ3n) is 3.98. The quantitative estimate of drug-likeness (QED) is 0.312. The number of fused-ring (bicyclic) bond motifs is 1. The Labute approximate surface area is 157 Å². The minimum absolute atomic E-state index is 0.188. The average Bonchev–Trinajstić information content (AvgIpc) is 3.20. The molecule has 4 aromatic rings. The van der Waals surface area contributed by atoms with E-state index in [0.717, 1.165) is 11.5 Å². The molecule has 2 heterocycles. The molecule has 0 saturated carbocycles. The molecule has 0 fully saturated rings. The van der Waals surface area contributed by atoms with Gasteiger partial charge in [0.2, 0.25) is 6.79 Å². The molecule has 0 aliphatic heterocycles. The summed E-state index contributed by atoms with van der Waals surface area (Å²) in [6, 6.07) is 12.9. The molecule has 0 bridgehead atoms. The molecule has 28 heavy (non-hydrogen) atoms. The first kappa shape index (κ1) is 17.4. The third-order valence-corrected chi connectivity index (χ3v) is 3.98. The molecule has 9 heteroatoms. The van der Waals surface area contributed by atoms with E-state index in [0.29, 0.717) is 34.8 Å². The van der Waals surface area contributed by atoms with Gasteiger partial charge in [0.25, 0.3) is 6.47 Å². The summed E-state index contributed by atoms with van der Waals surface area (Å²) in [6.07, 6.45) is 1.61. The Kier molecular flexibility index (Phi) is 4.55. The molecule has 0 aliphatic rings. The van der Waals surface area contributed by atoms with Crippen molar-refractivity contribution in [1.82, 2.24) is 20.0 Å².